The Morgan fingerprint density at radius 1 is 1.47 bits per heavy atom. The molecule has 1 fully saturated rings. The first-order chi connectivity index (χ1) is 7.09. The first kappa shape index (κ1) is 10.3. The van der Waals surface area contributed by atoms with E-state index in [1.54, 1.807) is 6.26 Å². The van der Waals surface area contributed by atoms with Crippen molar-refractivity contribution in [1.82, 2.24) is 0 Å². The van der Waals surface area contributed by atoms with Gasteiger partial charge in [0.05, 0.1) is 6.26 Å². The van der Waals surface area contributed by atoms with Crippen LogP contribution in [0.2, 0.25) is 0 Å². The molecule has 1 aliphatic heterocycles. The minimum absolute atomic E-state index is 0.114. The molecule has 0 amide bonds. The number of esters is 1. The highest BCUT2D eigenvalue weighted by Crippen LogP contribution is 2.41. The summed E-state index contributed by atoms with van der Waals surface area (Å²) in [6.07, 6.45) is 4.24. The predicted molar refractivity (Wildman–Crippen MR) is 55.8 cm³/mol. The normalized spacial score (nSPS) is 25.8. The van der Waals surface area contributed by atoms with Crippen molar-refractivity contribution < 1.29 is 14.3 Å². The van der Waals surface area contributed by atoms with Crippen LogP contribution in [0.5, 0.6) is 0 Å². The second kappa shape index (κ2) is 3.72. The van der Waals surface area contributed by atoms with Gasteiger partial charge in [-0.05, 0) is 32.6 Å². The highest BCUT2D eigenvalue weighted by molar-refractivity contribution is 5.68. The van der Waals surface area contributed by atoms with Gasteiger partial charge in [-0.25, -0.2) is 0 Å². The van der Waals surface area contributed by atoms with Crippen LogP contribution in [-0.2, 0) is 14.3 Å². The van der Waals surface area contributed by atoms with Crippen LogP contribution in [-0.4, -0.2) is 12.1 Å². The second-order valence-corrected chi connectivity index (χ2v) is 4.30. The number of hydrogen-bond donors (Lipinski definition) is 0. The quantitative estimate of drug-likeness (QED) is 0.654. The van der Waals surface area contributed by atoms with Gasteiger partial charge < -0.3 is 9.47 Å². The number of carbonyl (C=O) groups excluding carboxylic acids is 1. The smallest absolute Gasteiger partial charge is 0.308 e. The Hall–Kier alpha value is -1.25. The molecule has 1 aliphatic carbocycles. The van der Waals surface area contributed by atoms with E-state index in [1.807, 2.05) is 13.8 Å². The summed E-state index contributed by atoms with van der Waals surface area (Å²) in [6, 6.07) is 0. The van der Waals surface area contributed by atoms with E-state index in [9.17, 15) is 4.79 Å². The van der Waals surface area contributed by atoms with Crippen molar-refractivity contribution in [1.29, 1.82) is 0 Å². The Morgan fingerprint density at radius 3 is 2.67 bits per heavy atom. The summed E-state index contributed by atoms with van der Waals surface area (Å²) in [5.41, 5.74) is 1.94. The molecule has 0 bridgehead atoms. The third kappa shape index (κ3) is 2.06. The molecular weight excluding hydrogens is 192 g/mol. The van der Waals surface area contributed by atoms with E-state index < -0.39 is 0 Å². The summed E-state index contributed by atoms with van der Waals surface area (Å²) >= 11 is 0. The van der Waals surface area contributed by atoms with Crippen LogP contribution in [0.4, 0.5) is 0 Å². The van der Waals surface area contributed by atoms with Gasteiger partial charge in [-0.1, -0.05) is 0 Å². The average Bonchev–Trinajstić information content (AvgIpc) is 2.95. The number of allylic oxidation sites excluding steroid dienone is 1. The Labute approximate surface area is 89.8 Å². The van der Waals surface area contributed by atoms with Crippen LogP contribution in [0.25, 0.3) is 0 Å². The van der Waals surface area contributed by atoms with Crippen LogP contribution >= 0.6 is 0 Å². The third-order valence-corrected chi connectivity index (χ3v) is 2.83. The maximum atomic E-state index is 11.0. The Balaban J connectivity index is 2.22. The van der Waals surface area contributed by atoms with E-state index in [-0.39, 0.29) is 12.1 Å². The van der Waals surface area contributed by atoms with Gasteiger partial charge in [0.15, 0.2) is 0 Å². The first-order valence-corrected chi connectivity index (χ1v) is 5.31. The molecule has 0 N–H and O–H groups in total. The fourth-order valence-corrected chi connectivity index (χ4v) is 1.94. The lowest BCUT2D eigenvalue weighted by atomic mass is 10.0. The molecule has 0 aromatic rings. The van der Waals surface area contributed by atoms with Crippen molar-refractivity contribution in [2.24, 2.45) is 5.92 Å². The van der Waals surface area contributed by atoms with Crippen LogP contribution < -0.4 is 0 Å². The highest BCUT2D eigenvalue weighted by Gasteiger charge is 2.37. The van der Waals surface area contributed by atoms with Crippen molar-refractivity contribution >= 4 is 5.97 Å². The Bertz CT molecular complexity index is 348. The fraction of sp³-hybridized carbons (Fsp3) is 0.583. The van der Waals surface area contributed by atoms with Gasteiger partial charge in [0.2, 0.25) is 0 Å². The van der Waals surface area contributed by atoms with Gasteiger partial charge in [-0.2, -0.15) is 0 Å². The van der Waals surface area contributed by atoms with Gasteiger partial charge in [0.25, 0.3) is 0 Å². The SMILES string of the molecule is CC(=O)OC1=C(C)[C@H](C2CC2)OC=C1C. The molecule has 1 atom stereocenters. The zero-order valence-electron chi connectivity index (χ0n) is 9.37. The lowest BCUT2D eigenvalue weighted by Crippen LogP contribution is -2.21. The molecule has 1 saturated carbocycles. The summed E-state index contributed by atoms with van der Waals surface area (Å²) in [6.45, 7) is 5.30. The number of rotatable bonds is 2. The molecule has 15 heavy (non-hydrogen) atoms. The summed E-state index contributed by atoms with van der Waals surface area (Å²) in [4.78, 5) is 11.0. The number of ether oxygens (including phenoxy) is 2. The molecule has 2 aliphatic rings. The van der Waals surface area contributed by atoms with Crippen LogP contribution in [0.15, 0.2) is 23.2 Å². The predicted octanol–water partition coefficient (Wildman–Crippen LogP) is 2.54. The van der Waals surface area contributed by atoms with Gasteiger partial charge in [0, 0.05) is 18.1 Å². The Kier molecular flexibility index (Phi) is 2.55. The molecule has 82 valence electrons. The van der Waals surface area contributed by atoms with Gasteiger partial charge in [-0.3, -0.25) is 4.79 Å². The molecular formula is C12H16O3. The van der Waals surface area contributed by atoms with Crippen molar-refractivity contribution in [3.05, 3.63) is 23.2 Å². The third-order valence-electron chi connectivity index (χ3n) is 2.83. The van der Waals surface area contributed by atoms with Crippen molar-refractivity contribution in [3.63, 3.8) is 0 Å². The molecule has 0 unspecified atom stereocenters. The average molecular weight is 208 g/mol. The lowest BCUT2D eigenvalue weighted by molar-refractivity contribution is -0.136. The van der Waals surface area contributed by atoms with Crippen LogP contribution in [0.3, 0.4) is 0 Å². The maximum Gasteiger partial charge on any atom is 0.308 e. The topological polar surface area (TPSA) is 35.5 Å². The molecule has 0 aromatic carbocycles. The summed E-state index contributed by atoms with van der Waals surface area (Å²) in [5, 5.41) is 0. The molecule has 1 heterocycles. The number of hydrogen-bond acceptors (Lipinski definition) is 3. The van der Waals surface area contributed by atoms with Crippen molar-refractivity contribution in [3.8, 4) is 0 Å². The first-order valence-electron chi connectivity index (χ1n) is 5.31. The van der Waals surface area contributed by atoms with Gasteiger partial charge >= 0.3 is 5.97 Å². The van der Waals surface area contributed by atoms with Crippen LogP contribution in [0, 0.1) is 5.92 Å². The molecule has 3 nitrogen and oxygen atoms in total. The van der Waals surface area contributed by atoms with Crippen molar-refractivity contribution in [2.75, 3.05) is 0 Å². The molecule has 0 saturated heterocycles. The van der Waals surface area contributed by atoms with Crippen LogP contribution in [0.1, 0.15) is 33.6 Å². The zero-order chi connectivity index (χ0) is 11.0. The maximum absolute atomic E-state index is 11.0. The summed E-state index contributed by atoms with van der Waals surface area (Å²) in [5.74, 6) is 1.04. The van der Waals surface area contributed by atoms with Gasteiger partial charge in [-0.15, -0.1) is 0 Å². The minimum Gasteiger partial charge on any atom is -0.493 e. The molecule has 0 spiro atoms. The van der Waals surface area contributed by atoms with E-state index in [4.69, 9.17) is 9.47 Å². The standard InChI is InChI=1S/C12H16O3/c1-7-6-14-12(10-4-5-10)8(2)11(7)15-9(3)13/h6,10,12H,4-5H2,1-3H3/t12-/m1/s1. The zero-order valence-corrected chi connectivity index (χ0v) is 9.37. The van der Waals surface area contributed by atoms with Gasteiger partial charge in [0.1, 0.15) is 11.9 Å². The van der Waals surface area contributed by atoms with E-state index in [2.05, 4.69) is 0 Å². The molecule has 2 rings (SSSR count). The van der Waals surface area contributed by atoms with Crippen molar-refractivity contribution in [2.45, 2.75) is 39.7 Å². The monoisotopic (exact) mass is 208 g/mol. The summed E-state index contributed by atoms with van der Waals surface area (Å²) in [7, 11) is 0. The van der Waals surface area contributed by atoms with E-state index in [1.165, 1.54) is 19.8 Å². The molecule has 0 radical (unpaired) electrons. The number of carbonyl (C=O) groups is 1. The second-order valence-electron chi connectivity index (χ2n) is 4.30. The van der Waals surface area contributed by atoms with E-state index in [0.717, 1.165) is 11.1 Å². The van der Waals surface area contributed by atoms with E-state index in [0.29, 0.717) is 11.7 Å². The largest absolute Gasteiger partial charge is 0.493 e. The minimum atomic E-state index is -0.270. The summed E-state index contributed by atoms with van der Waals surface area (Å²) < 4.78 is 10.8. The fourth-order valence-electron chi connectivity index (χ4n) is 1.94. The van der Waals surface area contributed by atoms with E-state index >= 15 is 0 Å². The molecule has 0 aromatic heterocycles. The Morgan fingerprint density at radius 2 is 2.13 bits per heavy atom. The highest BCUT2D eigenvalue weighted by atomic mass is 16.5. The molecule has 3 heteroatoms. The lowest BCUT2D eigenvalue weighted by Gasteiger charge is -2.25.